The number of carbonyl (C=O) groups is 2. The van der Waals surface area contributed by atoms with Crippen LogP contribution in [0.4, 0.5) is 0 Å². The summed E-state index contributed by atoms with van der Waals surface area (Å²) in [5, 5.41) is 2.12. The SMILES string of the molecule is CCCCN(CC(=O)N1CCc2sccc2C1c1ccccc1)C(=O)C1CC1. The number of hydrogen-bond donors (Lipinski definition) is 0. The minimum atomic E-state index is -0.0484. The predicted molar refractivity (Wildman–Crippen MR) is 112 cm³/mol. The fourth-order valence-corrected chi connectivity index (χ4v) is 4.94. The molecule has 5 heteroatoms. The van der Waals surface area contributed by atoms with Crippen LogP contribution in [-0.2, 0) is 16.0 Å². The molecular formula is C23H28N2O2S. The number of rotatable bonds is 7. The molecule has 148 valence electrons. The maximum Gasteiger partial charge on any atom is 0.242 e. The summed E-state index contributed by atoms with van der Waals surface area (Å²) in [5.74, 6) is 0.390. The normalized spacial score (nSPS) is 18.6. The third kappa shape index (κ3) is 4.00. The first-order valence-electron chi connectivity index (χ1n) is 10.4. The summed E-state index contributed by atoms with van der Waals surface area (Å²) in [6.45, 7) is 3.73. The van der Waals surface area contributed by atoms with Crippen molar-refractivity contribution in [2.45, 2.75) is 45.1 Å². The number of fused-ring (bicyclic) bond motifs is 1. The van der Waals surface area contributed by atoms with E-state index in [0.717, 1.165) is 37.7 Å². The number of unbranched alkanes of at least 4 members (excludes halogenated alkanes) is 1. The number of amides is 2. The minimum Gasteiger partial charge on any atom is -0.333 e. The molecule has 0 N–H and O–H groups in total. The monoisotopic (exact) mass is 396 g/mol. The number of hydrogen-bond acceptors (Lipinski definition) is 3. The lowest BCUT2D eigenvalue weighted by Crippen LogP contribution is -2.47. The molecule has 4 rings (SSSR count). The molecule has 1 fully saturated rings. The maximum absolute atomic E-state index is 13.4. The standard InChI is InChI=1S/C23H28N2O2S/c1-2-3-13-24(23(27)18-9-10-18)16-21(26)25-14-11-20-19(12-15-28-20)22(25)17-7-5-4-6-8-17/h4-8,12,15,18,22H,2-3,9-11,13-14,16H2,1H3. The van der Waals surface area contributed by atoms with E-state index in [2.05, 4.69) is 30.5 Å². The Kier molecular flexibility index (Phi) is 5.81. The summed E-state index contributed by atoms with van der Waals surface area (Å²) < 4.78 is 0. The lowest BCUT2D eigenvalue weighted by Gasteiger charge is -2.37. The molecule has 0 radical (unpaired) electrons. The van der Waals surface area contributed by atoms with E-state index in [1.165, 1.54) is 10.4 Å². The van der Waals surface area contributed by atoms with Crippen molar-refractivity contribution < 1.29 is 9.59 Å². The van der Waals surface area contributed by atoms with E-state index in [1.807, 2.05) is 28.0 Å². The fourth-order valence-electron chi connectivity index (χ4n) is 4.04. The predicted octanol–water partition coefficient (Wildman–Crippen LogP) is 4.26. The maximum atomic E-state index is 13.4. The zero-order valence-corrected chi connectivity index (χ0v) is 17.3. The molecule has 0 spiro atoms. The zero-order chi connectivity index (χ0) is 19.5. The Labute approximate surface area is 171 Å². The summed E-state index contributed by atoms with van der Waals surface area (Å²) in [6, 6.07) is 12.4. The molecule has 4 nitrogen and oxygen atoms in total. The van der Waals surface area contributed by atoms with Crippen molar-refractivity contribution in [1.29, 1.82) is 0 Å². The zero-order valence-electron chi connectivity index (χ0n) is 16.5. The molecule has 2 aliphatic rings. The van der Waals surface area contributed by atoms with Gasteiger partial charge in [-0.25, -0.2) is 0 Å². The topological polar surface area (TPSA) is 40.6 Å². The Hall–Kier alpha value is -2.14. The molecule has 2 heterocycles. The Bertz CT molecular complexity index is 828. The Morgan fingerprint density at radius 1 is 1.18 bits per heavy atom. The first kappa shape index (κ1) is 19.2. The average Bonchev–Trinajstić information content (AvgIpc) is 3.47. The molecule has 1 aromatic carbocycles. The van der Waals surface area contributed by atoms with Crippen molar-refractivity contribution in [3.8, 4) is 0 Å². The second kappa shape index (κ2) is 8.48. The van der Waals surface area contributed by atoms with Gasteiger partial charge in [-0.05, 0) is 48.3 Å². The van der Waals surface area contributed by atoms with Gasteiger partial charge in [0, 0.05) is 23.9 Å². The molecule has 1 unspecified atom stereocenters. The van der Waals surface area contributed by atoms with Gasteiger partial charge in [0.15, 0.2) is 0 Å². The van der Waals surface area contributed by atoms with Crippen LogP contribution in [-0.4, -0.2) is 41.2 Å². The molecule has 1 aromatic heterocycles. The smallest absolute Gasteiger partial charge is 0.242 e. The van der Waals surface area contributed by atoms with Gasteiger partial charge in [0.2, 0.25) is 11.8 Å². The Morgan fingerprint density at radius 3 is 2.68 bits per heavy atom. The van der Waals surface area contributed by atoms with Gasteiger partial charge in [-0.3, -0.25) is 9.59 Å². The van der Waals surface area contributed by atoms with Crippen LogP contribution in [0.25, 0.3) is 0 Å². The molecule has 0 saturated heterocycles. The van der Waals surface area contributed by atoms with Crippen molar-refractivity contribution in [2.24, 2.45) is 5.92 Å². The average molecular weight is 397 g/mol. The highest BCUT2D eigenvalue weighted by Gasteiger charge is 2.37. The van der Waals surface area contributed by atoms with Gasteiger partial charge in [0.1, 0.15) is 0 Å². The van der Waals surface area contributed by atoms with E-state index in [4.69, 9.17) is 0 Å². The van der Waals surface area contributed by atoms with Gasteiger partial charge in [0.05, 0.1) is 12.6 Å². The van der Waals surface area contributed by atoms with Gasteiger partial charge in [-0.2, -0.15) is 0 Å². The van der Waals surface area contributed by atoms with E-state index < -0.39 is 0 Å². The third-order valence-electron chi connectivity index (χ3n) is 5.75. The van der Waals surface area contributed by atoms with Crippen molar-refractivity contribution in [2.75, 3.05) is 19.6 Å². The lowest BCUT2D eigenvalue weighted by atomic mass is 9.93. The van der Waals surface area contributed by atoms with Crippen LogP contribution < -0.4 is 0 Å². The Morgan fingerprint density at radius 2 is 1.96 bits per heavy atom. The second-order valence-electron chi connectivity index (χ2n) is 7.84. The third-order valence-corrected chi connectivity index (χ3v) is 6.74. The van der Waals surface area contributed by atoms with Crippen molar-refractivity contribution in [3.05, 3.63) is 57.8 Å². The van der Waals surface area contributed by atoms with Gasteiger partial charge >= 0.3 is 0 Å². The van der Waals surface area contributed by atoms with Crippen molar-refractivity contribution >= 4 is 23.2 Å². The number of nitrogens with zero attached hydrogens (tertiary/aromatic N) is 2. The molecule has 1 saturated carbocycles. The van der Waals surface area contributed by atoms with Crippen LogP contribution >= 0.6 is 11.3 Å². The van der Waals surface area contributed by atoms with E-state index >= 15 is 0 Å². The first-order valence-corrected chi connectivity index (χ1v) is 11.3. The first-order chi connectivity index (χ1) is 13.7. The number of carbonyl (C=O) groups excluding carboxylic acids is 2. The number of thiophene rings is 1. The van der Waals surface area contributed by atoms with Crippen LogP contribution in [0.2, 0.25) is 0 Å². The molecule has 1 atom stereocenters. The number of benzene rings is 1. The van der Waals surface area contributed by atoms with Gasteiger partial charge in [-0.15, -0.1) is 11.3 Å². The van der Waals surface area contributed by atoms with E-state index in [-0.39, 0.29) is 30.3 Å². The summed E-state index contributed by atoms with van der Waals surface area (Å²) >= 11 is 1.78. The summed E-state index contributed by atoms with van der Waals surface area (Å²) in [5.41, 5.74) is 2.38. The largest absolute Gasteiger partial charge is 0.333 e. The van der Waals surface area contributed by atoms with E-state index in [0.29, 0.717) is 13.1 Å². The van der Waals surface area contributed by atoms with Crippen LogP contribution in [0.5, 0.6) is 0 Å². The van der Waals surface area contributed by atoms with Gasteiger partial charge < -0.3 is 9.80 Å². The Balaban J connectivity index is 1.57. The summed E-state index contributed by atoms with van der Waals surface area (Å²) in [4.78, 5) is 31.2. The van der Waals surface area contributed by atoms with Crippen LogP contribution in [0.3, 0.4) is 0 Å². The molecule has 1 aliphatic heterocycles. The second-order valence-corrected chi connectivity index (χ2v) is 8.84. The molecule has 1 aliphatic carbocycles. The van der Waals surface area contributed by atoms with Gasteiger partial charge in [-0.1, -0.05) is 43.7 Å². The summed E-state index contributed by atoms with van der Waals surface area (Å²) in [6.07, 6.45) is 4.82. The van der Waals surface area contributed by atoms with Crippen molar-refractivity contribution in [3.63, 3.8) is 0 Å². The van der Waals surface area contributed by atoms with E-state index in [1.54, 1.807) is 11.3 Å². The lowest BCUT2D eigenvalue weighted by molar-refractivity contribution is -0.142. The van der Waals surface area contributed by atoms with E-state index in [9.17, 15) is 9.59 Å². The quantitative estimate of drug-likeness (QED) is 0.702. The molecule has 28 heavy (non-hydrogen) atoms. The highest BCUT2D eigenvalue weighted by atomic mass is 32.1. The molecule has 2 aromatic rings. The van der Waals surface area contributed by atoms with Crippen LogP contribution in [0.1, 0.15) is 54.7 Å². The fraction of sp³-hybridized carbons (Fsp3) is 0.478. The molecular weight excluding hydrogens is 368 g/mol. The molecule has 2 amide bonds. The highest BCUT2D eigenvalue weighted by Crippen LogP contribution is 2.38. The minimum absolute atomic E-state index is 0.0484. The summed E-state index contributed by atoms with van der Waals surface area (Å²) in [7, 11) is 0. The molecule has 0 bridgehead atoms. The van der Waals surface area contributed by atoms with Gasteiger partial charge in [0.25, 0.3) is 0 Å². The van der Waals surface area contributed by atoms with Crippen molar-refractivity contribution in [1.82, 2.24) is 9.80 Å². The highest BCUT2D eigenvalue weighted by molar-refractivity contribution is 7.10. The van der Waals surface area contributed by atoms with Crippen LogP contribution in [0, 0.1) is 5.92 Å². The van der Waals surface area contributed by atoms with Crippen LogP contribution in [0.15, 0.2) is 41.8 Å².